The van der Waals surface area contributed by atoms with Gasteiger partial charge in [-0.1, -0.05) is 25.3 Å². The summed E-state index contributed by atoms with van der Waals surface area (Å²) >= 11 is 0. The number of ether oxygens (including phenoxy) is 2. The third kappa shape index (κ3) is 3.11. The lowest BCUT2D eigenvalue weighted by molar-refractivity contribution is -0.145. The van der Waals surface area contributed by atoms with Crippen molar-refractivity contribution in [2.75, 3.05) is 13.2 Å². The van der Waals surface area contributed by atoms with Crippen molar-refractivity contribution in [2.45, 2.75) is 44.9 Å². The topological polar surface area (TPSA) is 51.3 Å². The molecular formula is C18H23NO3. The van der Waals surface area contributed by atoms with Crippen LogP contribution in [0.5, 0.6) is 5.75 Å². The SMILES string of the molecule is CCOC(=O)COc1cccc2[nH]cc(C3CCCCC3)c12. The number of esters is 1. The summed E-state index contributed by atoms with van der Waals surface area (Å²) in [6.45, 7) is 2.14. The summed E-state index contributed by atoms with van der Waals surface area (Å²) in [5, 5.41) is 1.12. The second kappa shape index (κ2) is 6.86. The number of carbonyl (C=O) groups excluding carboxylic acids is 1. The van der Waals surface area contributed by atoms with E-state index in [0.29, 0.717) is 12.5 Å². The highest BCUT2D eigenvalue weighted by Crippen LogP contribution is 2.39. The van der Waals surface area contributed by atoms with Crippen LogP contribution in [-0.2, 0) is 9.53 Å². The molecule has 0 radical (unpaired) electrons. The number of benzene rings is 1. The first-order valence-electron chi connectivity index (χ1n) is 8.18. The van der Waals surface area contributed by atoms with Gasteiger partial charge in [0.15, 0.2) is 6.61 Å². The third-order valence-electron chi connectivity index (χ3n) is 4.39. The molecule has 1 fully saturated rings. The predicted molar refractivity (Wildman–Crippen MR) is 86.3 cm³/mol. The summed E-state index contributed by atoms with van der Waals surface area (Å²) in [4.78, 5) is 14.9. The average Bonchev–Trinajstić information content (AvgIpc) is 2.99. The van der Waals surface area contributed by atoms with Gasteiger partial charge in [-0.15, -0.1) is 0 Å². The monoisotopic (exact) mass is 301 g/mol. The highest BCUT2D eigenvalue weighted by Gasteiger charge is 2.21. The zero-order chi connectivity index (χ0) is 15.4. The van der Waals surface area contributed by atoms with E-state index in [1.807, 2.05) is 12.1 Å². The number of nitrogens with one attached hydrogen (secondary N) is 1. The Morgan fingerprint density at radius 1 is 1.27 bits per heavy atom. The minimum Gasteiger partial charge on any atom is -0.481 e. The van der Waals surface area contributed by atoms with Crippen LogP contribution < -0.4 is 4.74 Å². The maximum Gasteiger partial charge on any atom is 0.344 e. The number of hydrogen-bond acceptors (Lipinski definition) is 3. The zero-order valence-electron chi connectivity index (χ0n) is 13.1. The highest BCUT2D eigenvalue weighted by molar-refractivity contribution is 5.90. The van der Waals surface area contributed by atoms with Crippen LogP contribution in [0.15, 0.2) is 24.4 Å². The smallest absolute Gasteiger partial charge is 0.344 e. The highest BCUT2D eigenvalue weighted by atomic mass is 16.6. The Morgan fingerprint density at radius 3 is 2.86 bits per heavy atom. The van der Waals surface area contributed by atoms with Crippen molar-refractivity contribution in [3.8, 4) is 5.75 Å². The number of aromatic amines is 1. The van der Waals surface area contributed by atoms with Crippen LogP contribution in [0.1, 0.15) is 50.5 Å². The molecule has 1 aliphatic rings. The van der Waals surface area contributed by atoms with Gasteiger partial charge < -0.3 is 14.5 Å². The lowest BCUT2D eigenvalue weighted by Gasteiger charge is -2.21. The molecule has 4 nitrogen and oxygen atoms in total. The number of rotatable bonds is 5. The standard InChI is InChI=1S/C18H23NO3/c1-2-21-17(20)12-22-16-10-6-9-15-18(16)14(11-19-15)13-7-4-3-5-8-13/h6,9-11,13,19H,2-5,7-8,12H2,1H3. The van der Waals surface area contributed by atoms with Gasteiger partial charge in [-0.3, -0.25) is 0 Å². The summed E-state index contributed by atoms with van der Waals surface area (Å²) in [5.41, 5.74) is 2.40. The predicted octanol–water partition coefficient (Wildman–Crippen LogP) is 4.16. The van der Waals surface area contributed by atoms with E-state index in [2.05, 4.69) is 17.2 Å². The normalized spacial score (nSPS) is 15.9. The third-order valence-corrected chi connectivity index (χ3v) is 4.39. The Morgan fingerprint density at radius 2 is 2.09 bits per heavy atom. The second-order valence-electron chi connectivity index (χ2n) is 5.85. The van der Waals surface area contributed by atoms with Crippen molar-refractivity contribution < 1.29 is 14.3 Å². The van der Waals surface area contributed by atoms with E-state index < -0.39 is 0 Å². The summed E-state index contributed by atoms with van der Waals surface area (Å²) < 4.78 is 10.7. The Kier molecular flexibility index (Phi) is 4.66. The number of hydrogen-bond donors (Lipinski definition) is 1. The fourth-order valence-corrected chi connectivity index (χ4v) is 3.37. The quantitative estimate of drug-likeness (QED) is 0.844. The van der Waals surface area contributed by atoms with Crippen LogP contribution in [-0.4, -0.2) is 24.2 Å². The fraction of sp³-hybridized carbons (Fsp3) is 0.500. The molecule has 118 valence electrons. The average molecular weight is 301 g/mol. The molecule has 0 amide bonds. The summed E-state index contributed by atoms with van der Waals surface area (Å²) in [5.74, 6) is 1.04. The van der Waals surface area contributed by atoms with E-state index in [4.69, 9.17) is 9.47 Å². The van der Waals surface area contributed by atoms with E-state index >= 15 is 0 Å². The molecule has 0 bridgehead atoms. The van der Waals surface area contributed by atoms with Gasteiger partial charge in [0.05, 0.1) is 6.61 Å². The van der Waals surface area contributed by atoms with Crippen LogP contribution in [0, 0.1) is 0 Å². The van der Waals surface area contributed by atoms with Crippen LogP contribution in [0.25, 0.3) is 10.9 Å². The minimum atomic E-state index is -0.325. The Labute approximate surface area is 130 Å². The van der Waals surface area contributed by atoms with Crippen LogP contribution >= 0.6 is 0 Å². The molecule has 0 spiro atoms. The molecule has 2 aromatic rings. The van der Waals surface area contributed by atoms with Crippen molar-refractivity contribution >= 4 is 16.9 Å². The first-order valence-corrected chi connectivity index (χ1v) is 8.18. The number of carbonyl (C=O) groups is 1. The van der Waals surface area contributed by atoms with Crippen LogP contribution in [0.2, 0.25) is 0 Å². The Hall–Kier alpha value is -1.97. The van der Waals surface area contributed by atoms with Crippen molar-refractivity contribution in [2.24, 2.45) is 0 Å². The summed E-state index contributed by atoms with van der Waals surface area (Å²) in [6, 6.07) is 5.94. The fourth-order valence-electron chi connectivity index (χ4n) is 3.37. The summed E-state index contributed by atoms with van der Waals surface area (Å²) in [6.07, 6.45) is 8.51. The van der Waals surface area contributed by atoms with Crippen LogP contribution in [0.3, 0.4) is 0 Å². The zero-order valence-corrected chi connectivity index (χ0v) is 13.1. The lowest BCUT2D eigenvalue weighted by Crippen LogP contribution is -2.14. The molecule has 1 saturated carbocycles. The van der Waals surface area contributed by atoms with E-state index in [1.54, 1.807) is 6.92 Å². The number of H-pyrrole nitrogens is 1. The van der Waals surface area contributed by atoms with Gasteiger partial charge >= 0.3 is 5.97 Å². The van der Waals surface area contributed by atoms with Gasteiger partial charge in [-0.05, 0) is 43.4 Å². The van der Waals surface area contributed by atoms with Gasteiger partial charge in [-0.25, -0.2) is 4.79 Å². The van der Waals surface area contributed by atoms with E-state index in [1.165, 1.54) is 37.7 Å². The van der Waals surface area contributed by atoms with Crippen molar-refractivity contribution in [1.29, 1.82) is 0 Å². The van der Waals surface area contributed by atoms with Gasteiger partial charge in [0.1, 0.15) is 5.75 Å². The Bertz CT molecular complexity index is 641. The molecule has 22 heavy (non-hydrogen) atoms. The molecule has 0 atom stereocenters. The van der Waals surface area contributed by atoms with Gasteiger partial charge in [-0.2, -0.15) is 0 Å². The van der Waals surface area contributed by atoms with Crippen LogP contribution in [0.4, 0.5) is 0 Å². The van der Waals surface area contributed by atoms with Crippen molar-refractivity contribution in [1.82, 2.24) is 4.98 Å². The largest absolute Gasteiger partial charge is 0.481 e. The van der Waals surface area contributed by atoms with Gasteiger partial charge in [0, 0.05) is 17.1 Å². The first kappa shape index (κ1) is 14.9. The maximum atomic E-state index is 11.5. The Balaban J connectivity index is 1.86. The van der Waals surface area contributed by atoms with Crippen molar-refractivity contribution in [3.63, 3.8) is 0 Å². The maximum absolute atomic E-state index is 11.5. The van der Waals surface area contributed by atoms with E-state index in [9.17, 15) is 4.79 Å². The molecule has 1 aromatic carbocycles. The lowest BCUT2D eigenvalue weighted by atomic mass is 9.84. The number of aromatic nitrogens is 1. The molecule has 0 saturated heterocycles. The second-order valence-corrected chi connectivity index (χ2v) is 5.85. The molecular weight excluding hydrogens is 278 g/mol. The van der Waals surface area contributed by atoms with E-state index in [-0.39, 0.29) is 12.6 Å². The van der Waals surface area contributed by atoms with Gasteiger partial charge in [0.25, 0.3) is 0 Å². The van der Waals surface area contributed by atoms with Crippen molar-refractivity contribution in [3.05, 3.63) is 30.0 Å². The molecule has 1 heterocycles. The molecule has 1 aromatic heterocycles. The van der Waals surface area contributed by atoms with E-state index in [0.717, 1.165) is 16.7 Å². The molecule has 3 rings (SSSR count). The number of fused-ring (bicyclic) bond motifs is 1. The molecule has 1 N–H and O–H groups in total. The summed E-state index contributed by atoms with van der Waals surface area (Å²) in [7, 11) is 0. The van der Waals surface area contributed by atoms with Gasteiger partial charge in [0.2, 0.25) is 0 Å². The molecule has 0 unspecified atom stereocenters. The minimum absolute atomic E-state index is 0.0394. The molecule has 4 heteroatoms. The first-order chi connectivity index (χ1) is 10.8. The molecule has 0 aliphatic heterocycles. The molecule has 1 aliphatic carbocycles.